The monoisotopic (exact) mass is 313 g/mol. The van der Waals surface area contributed by atoms with Gasteiger partial charge in [0.15, 0.2) is 0 Å². The molecule has 0 fully saturated rings. The van der Waals surface area contributed by atoms with Crippen molar-refractivity contribution in [2.45, 2.75) is 0 Å². The average molecular weight is 314 g/mol. The molecule has 0 spiro atoms. The van der Waals surface area contributed by atoms with E-state index in [1.807, 2.05) is 6.07 Å². The molecule has 0 saturated carbocycles. The summed E-state index contributed by atoms with van der Waals surface area (Å²) in [6, 6.07) is 6.30. The molecule has 0 heterocycles. The Balaban J connectivity index is 0.000001000. The first-order chi connectivity index (χ1) is 4.83. The summed E-state index contributed by atoms with van der Waals surface area (Å²) in [6.45, 7) is 0. The maximum absolute atomic E-state index is 12.4. The molecule has 0 atom stereocenters. The number of hydrogen-bond acceptors (Lipinski definition) is 1. The number of halogens is 2. The van der Waals surface area contributed by atoms with Crippen LogP contribution >= 0.6 is 24.0 Å². The Morgan fingerprint density at radius 1 is 1.45 bits per heavy atom. The molecule has 1 rings (SSSR count). The molecule has 0 N–H and O–H groups in total. The van der Waals surface area contributed by atoms with Crippen LogP contribution in [-0.2, 0) is 17.1 Å². The Hall–Kier alpha value is -0.00662. The molecule has 0 aliphatic carbocycles. The summed E-state index contributed by atoms with van der Waals surface area (Å²) >= 11 is -1.25. The third-order valence-electron chi connectivity index (χ3n) is 1.17. The molecule has 0 bridgehead atoms. The van der Waals surface area contributed by atoms with E-state index in [1.165, 1.54) is 12.1 Å². The molecular formula is C7H5FINZn. The molecule has 0 aliphatic heterocycles. The van der Waals surface area contributed by atoms with Crippen molar-refractivity contribution in [1.29, 1.82) is 5.26 Å². The first-order valence-electron chi connectivity index (χ1n) is 2.94. The molecule has 0 unspecified atom stereocenters. The number of nitrogens with zero attached hydrogens (tertiary/aromatic N) is 1. The second kappa shape index (κ2) is 5.62. The first-order valence-corrected chi connectivity index (χ1v) is 5.91. The summed E-state index contributed by atoms with van der Waals surface area (Å²) in [5, 5.41) is 8.32. The normalized spacial score (nSPS) is 7.27. The van der Waals surface area contributed by atoms with Gasteiger partial charge in [-0.05, 0) is 0 Å². The van der Waals surface area contributed by atoms with E-state index >= 15 is 0 Å². The van der Waals surface area contributed by atoms with Crippen LogP contribution in [0.25, 0.3) is 0 Å². The Kier molecular flexibility index (Phi) is 5.62. The zero-order valence-electron chi connectivity index (χ0n) is 5.75. The van der Waals surface area contributed by atoms with Crippen molar-refractivity contribution < 1.29 is 21.5 Å². The van der Waals surface area contributed by atoms with E-state index in [0.29, 0.717) is 0 Å². The fourth-order valence-corrected chi connectivity index (χ4v) is 2.28. The van der Waals surface area contributed by atoms with E-state index in [2.05, 4.69) is 4.66 Å². The van der Waals surface area contributed by atoms with Gasteiger partial charge in [0.2, 0.25) is 0 Å². The molecule has 0 saturated heterocycles. The van der Waals surface area contributed by atoms with Crippen LogP contribution in [0.5, 0.6) is 0 Å². The van der Waals surface area contributed by atoms with Gasteiger partial charge in [-0.1, -0.05) is 0 Å². The van der Waals surface area contributed by atoms with Crippen LogP contribution in [0.3, 0.4) is 0 Å². The molecule has 0 radical (unpaired) electrons. The zero-order chi connectivity index (χ0) is 7.40. The molecule has 1 aromatic rings. The van der Waals surface area contributed by atoms with Gasteiger partial charge in [0.1, 0.15) is 0 Å². The minimum atomic E-state index is -1.25. The van der Waals surface area contributed by atoms with Crippen LogP contribution in [0.4, 0.5) is 4.39 Å². The maximum atomic E-state index is 12.4. The van der Waals surface area contributed by atoms with Gasteiger partial charge < -0.3 is 0 Å². The van der Waals surface area contributed by atoms with E-state index in [1.54, 1.807) is 6.07 Å². The van der Waals surface area contributed by atoms with Gasteiger partial charge in [0.25, 0.3) is 0 Å². The Labute approximate surface area is 89.2 Å². The van der Waals surface area contributed by atoms with Crippen LogP contribution in [0.15, 0.2) is 24.3 Å². The van der Waals surface area contributed by atoms with Crippen molar-refractivity contribution in [2.75, 3.05) is 0 Å². The van der Waals surface area contributed by atoms with E-state index in [9.17, 15) is 4.39 Å². The van der Waals surface area contributed by atoms with Crippen molar-refractivity contribution in [3.05, 3.63) is 30.1 Å². The van der Waals surface area contributed by atoms with Crippen LogP contribution in [0.2, 0.25) is 0 Å². The Morgan fingerprint density at radius 2 is 2.18 bits per heavy atom. The zero-order valence-corrected chi connectivity index (χ0v) is 11.0. The second-order valence-corrected chi connectivity index (χ2v) is 5.08. The van der Waals surface area contributed by atoms with E-state index in [4.69, 9.17) is 5.26 Å². The number of nitriles is 1. The summed E-state index contributed by atoms with van der Waals surface area (Å²) < 4.78 is 15.5. The van der Waals surface area contributed by atoms with Crippen LogP contribution in [-0.4, -0.2) is 0 Å². The topological polar surface area (TPSA) is 23.8 Å². The summed E-state index contributed by atoms with van der Waals surface area (Å²) in [6.07, 6.45) is 0. The SMILES string of the molecule is I.N#[C][Zn][c]1cccc(F)c1. The van der Waals surface area contributed by atoms with Gasteiger partial charge in [-0.15, -0.1) is 24.0 Å². The van der Waals surface area contributed by atoms with Gasteiger partial charge in [-0.25, -0.2) is 0 Å². The molecule has 0 amide bonds. The van der Waals surface area contributed by atoms with Gasteiger partial charge in [-0.2, -0.15) is 0 Å². The van der Waals surface area contributed by atoms with Gasteiger partial charge >= 0.3 is 65.7 Å². The first kappa shape index (κ1) is 11.0. The van der Waals surface area contributed by atoms with Crippen LogP contribution in [0.1, 0.15) is 0 Å². The average Bonchev–Trinajstić information content (AvgIpc) is 1.88. The predicted octanol–water partition coefficient (Wildman–Crippen LogP) is 1.63. The molecule has 4 heteroatoms. The quantitative estimate of drug-likeness (QED) is 0.571. The molecule has 54 valence electrons. The third kappa shape index (κ3) is 3.78. The van der Waals surface area contributed by atoms with E-state index in [0.717, 1.165) is 4.16 Å². The molecule has 0 aromatic heterocycles. The number of hydrogen-bond donors (Lipinski definition) is 0. The van der Waals surface area contributed by atoms with Gasteiger partial charge in [-0.3, -0.25) is 0 Å². The van der Waals surface area contributed by atoms with E-state index in [-0.39, 0.29) is 29.8 Å². The van der Waals surface area contributed by atoms with Crippen LogP contribution < -0.4 is 4.16 Å². The van der Waals surface area contributed by atoms with Crippen molar-refractivity contribution in [1.82, 2.24) is 0 Å². The summed E-state index contributed by atoms with van der Waals surface area (Å²) in [5.74, 6) is -0.238. The van der Waals surface area contributed by atoms with Crippen molar-refractivity contribution in [3.63, 3.8) is 0 Å². The summed E-state index contributed by atoms with van der Waals surface area (Å²) in [4.78, 5) is 0. The van der Waals surface area contributed by atoms with Gasteiger partial charge in [0.05, 0.1) is 0 Å². The van der Waals surface area contributed by atoms with Crippen molar-refractivity contribution >= 4 is 28.1 Å². The van der Waals surface area contributed by atoms with Crippen molar-refractivity contribution in [3.8, 4) is 4.66 Å². The fourth-order valence-electron chi connectivity index (χ4n) is 0.738. The third-order valence-corrected chi connectivity index (χ3v) is 3.28. The summed E-state index contributed by atoms with van der Waals surface area (Å²) in [5.41, 5.74) is 0. The van der Waals surface area contributed by atoms with Crippen LogP contribution in [0, 0.1) is 15.7 Å². The molecule has 0 aliphatic rings. The molecule has 1 aromatic carbocycles. The fraction of sp³-hybridized carbons (Fsp3) is 0. The minimum absolute atomic E-state index is 0. The van der Waals surface area contributed by atoms with Crippen molar-refractivity contribution in [2.24, 2.45) is 0 Å². The second-order valence-electron chi connectivity index (χ2n) is 1.96. The van der Waals surface area contributed by atoms with E-state index < -0.39 is 17.1 Å². The molecule has 11 heavy (non-hydrogen) atoms. The summed E-state index contributed by atoms with van der Waals surface area (Å²) in [7, 11) is 0. The standard InChI is InChI=1S/C6H4F.CN.HI.Zn/c7-6-4-2-1-3-5-6;1-2;;/h1-2,4-5H;;1H;. The number of benzene rings is 1. The number of rotatable bonds is 1. The Morgan fingerprint density at radius 3 is 2.73 bits per heavy atom. The van der Waals surface area contributed by atoms with Gasteiger partial charge in [0, 0.05) is 0 Å². The predicted molar refractivity (Wildman–Crippen MR) is 47.1 cm³/mol. The Bertz CT molecular complexity index is 271. The molecular weight excluding hydrogens is 309 g/mol. The molecule has 1 nitrogen and oxygen atoms in total.